The molecule has 6 nitrogen and oxygen atoms in total. The van der Waals surface area contributed by atoms with Gasteiger partial charge in [0.25, 0.3) is 0 Å². The molecule has 250 valence electrons. The fourth-order valence-electron chi connectivity index (χ4n) is 7.83. The van der Waals surface area contributed by atoms with E-state index in [1.807, 2.05) is 0 Å². The number of hydrogen-bond donors (Lipinski definition) is 3. The van der Waals surface area contributed by atoms with Crippen LogP contribution in [0.25, 0.3) is 28.4 Å². The summed E-state index contributed by atoms with van der Waals surface area (Å²) in [5, 5.41) is 12.8. The van der Waals surface area contributed by atoms with Crippen LogP contribution >= 0.6 is 0 Å². The third kappa shape index (κ3) is 5.50. The van der Waals surface area contributed by atoms with Crippen LogP contribution in [0, 0.1) is 0 Å². The van der Waals surface area contributed by atoms with Crippen LogP contribution < -0.4 is 20.9 Å². The first kappa shape index (κ1) is 31.1. The minimum absolute atomic E-state index is 0.0349. The summed E-state index contributed by atoms with van der Waals surface area (Å²) in [7, 11) is 2.18. The van der Waals surface area contributed by atoms with E-state index in [4.69, 9.17) is 6.58 Å². The first-order valence-electron chi connectivity index (χ1n) is 17.6. The van der Waals surface area contributed by atoms with Crippen molar-refractivity contribution in [3.8, 4) is 0 Å². The van der Waals surface area contributed by atoms with E-state index < -0.39 is 0 Å². The fraction of sp³-hybridized carbons (Fsp3) is 0.111. The average molecular weight is 665 g/mol. The maximum atomic E-state index is 4.77. The molecule has 3 N–H and O–H groups in total. The van der Waals surface area contributed by atoms with E-state index in [1.165, 1.54) is 22.1 Å². The van der Waals surface area contributed by atoms with Gasteiger partial charge in [0, 0.05) is 40.5 Å². The molecule has 0 saturated carbocycles. The molecule has 9 rings (SSSR count). The number of allylic oxidation sites excluding steroid dienone is 2. The van der Waals surface area contributed by atoms with Gasteiger partial charge in [0.15, 0.2) is 0 Å². The predicted octanol–water partition coefficient (Wildman–Crippen LogP) is 9.00. The molecule has 0 radical (unpaired) electrons. The van der Waals surface area contributed by atoms with Crippen LogP contribution in [-0.4, -0.2) is 29.2 Å². The van der Waals surface area contributed by atoms with E-state index in [0.717, 1.165) is 45.1 Å². The summed E-state index contributed by atoms with van der Waals surface area (Å²) in [4.78, 5) is 4.63. The Morgan fingerprint density at radius 1 is 0.667 bits per heavy atom. The molecular formula is C45H40N6. The lowest BCUT2D eigenvalue weighted by atomic mass is 9.96. The molecule has 3 aliphatic heterocycles. The standard InChI is InChI=1S/C45H40N6/c1-31-36-22-12-14-24-39(36)50(35-20-10-5-11-21-35)29-28-38-37-23-13-15-25-40(37)51(42(31)38)41-27-26-34(30-46-41)43-47-44(32-16-6-3-7-17-32)49(2)45(48-43)33-18-8-4-9-19-33/h3-29,43-48H,1,30H2,2H3/b29-28-. The van der Waals surface area contributed by atoms with Gasteiger partial charge in [-0.05, 0) is 60.2 Å². The lowest BCUT2D eigenvalue weighted by Gasteiger charge is -2.46. The van der Waals surface area contributed by atoms with Gasteiger partial charge in [-0.1, -0.05) is 128 Å². The second-order valence-corrected chi connectivity index (χ2v) is 13.3. The van der Waals surface area contributed by atoms with Crippen molar-refractivity contribution in [2.45, 2.75) is 18.5 Å². The van der Waals surface area contributed by atoms with Gasteiger partial charge >= 0.3 is 0 Å². The van der Waals surface area contributed by atoms with Crippen molar-refractivity contribution >= 4 is 39.7 Å². The van der Waals surface area contributed by atoms with Crippen molar-refractivity contribution in [2.24, 2.45) is 0 Å². The predicted molar refractivity (Wildman–Crippen MR) is 211 cm³/mol. The van der Waals surface area contributed by atoms with Crippen molar-refractivity contribution in [3.05, 3.63) is 198 Å². The second-order valence-electron chi connectivity index (χ2n) is 13.3. The molecule has 0 amide bonds. The molecule has 2 atom stereocenters. The number of nitrogens with zero attached hydrogens (tertiary/aromatic N) is 3. The number of rotatable bonds is 5. The largest absolute Gasteiger partial charge is 0.367 e. The molecule has 1 saturated heterocycles. The normalized spacial score (nSPS) is 21.1. The quantitative estimate of drug-likeness (QED) is 0.172. The first-order chi connectivity index (χ1) is 25.2. The molecule has 1 aromatic heterocycles. The Labute approximate surface area is 299 Å². The molecular weight excluding hydrogens is 625 g/mol. The zero-order chi connectivity index (χ0) is 34.3. The van der Waals surface area contributed by atoms with Crippen molar-refractivity contribution in [1.82, 2.24) is 25.4 Å². The number of para-hydroxylation sites is 3. The molecule has 5 aromatic carbocycles. The van der Waals surface area contributed by atoms with E-state index in [9.17, 15) is 0 Å². The Morgan fingerprint density at radius 2 is 1.27 bits per heavy atom. The van der Waals surface area contributed by atoms with E-state index in [0.29, 0.717) is 6.54 Å². The number of dihydropyridines is 1. The summed E-state index contributed by atoms with van der Waals surface area (Å²) >= 11 is 0. The Kier molecular flexibility index (Phi) is 7.97. The van der Waals surface area contributed by atoms with Crippen LogP contribution in [0.2, 0.25) is 0 Å². The SMILES string of the molecule is C=C1c2ccccc2N(c2ccccc2)/C=C\c2c1n(C1=CC=C(C3NC(c4ccccc4)N(C)C(c4ccccc4)N3)CN1)c1ccccc21. The van der Waals surface area contributed by atoms with Crippen LogP contribution in [0.5, 0.6) is 0 Å². The van der Waals surface area contributed by atoms with E-state index in [2.05, 4.69) is 201 Å². The molecule has 3 aliphatic rings. The summed E-state index contributed by atoms with van der Waals surface area (Å²) in [5.74, 6) is 1.02. The second kappa shape index (κ2) is 13.1. The maximum absolute atomic E-state index is 4.77. The van der Waals surface area contributed by atoms with Crippen LogP contribution in [0.1, 0.15) is 40.3 Å². The molecule has 51 heavy (non-hydrogen) atoms. The molecule has 0 bridgehead atoms. The number of hydrogen-bond acceptors (Lipinski definition) is 5. The summed E-state index contributed by atoms with van der Waals surface area (Å²) < 4.78 is 2.36. The van der Waals surface area contributed by atoms with Crippen molar-refractivity contribution in [2.75, 3.05) is 18.5 Å². The summed E-state index contributed by atoms with van der Waals surface area (Å²) in [5.41, 5.74) is 11.4. The lowest BCUT2D eigenvalue weighted by Crippen LogP contribution is -2.60. The molecule has 2 unspecified atom stereocenters. The smallest absolute Gasteiger partial charge is 0.111 e. The van der Waals surface area contributed by atoms with Crippen LogP contribution in [-0.2, 0) is 0 Å². The zero-order valence-corrected chi connectivity index (χ0v) is 28.6. The Hall–Kier alpha value is -5.92. The van der Waals surface area contributed by atoms with Crippen LogP contribution in [0.4, 0.5) is 11.4 Å². The third-order valence-electron chi connectivity index (χ3n) is 10.3. The van der Waals surface area contributed by atoms with Gasteiger partial charge in [-0.3, -0.25) is 20.1 Å². The molecule has 0 aliphatic carbocycles. The van der Waals surface area contributed by atoms with Gasteiger partial charge in [0.2, 0.25) is 0 Å². The third-order valence-corrected chi connectivity index (χ3v) is 10.3. The number of nitrogens with one attached hydrogen (secondary N) is 3. The lowest BCUT2D eigenvalue weighted by molar-refractivity contribution is 0.0516. The van der Waals surface area contributed by atoms with E-state index in [-0.39, 0.29) is 18.5 Å². The van der Waals surface area contributed by atoms with Gasteiger partial charge in [-0.15, -0.1) is 0 Å². The van der Waals surface area contributed by atoms with Gasteiger partial charge in [0.05, 0.1) is 35.4 Å². The van der Waals surface area contributed by atoms with Crippen LogP contribution in [0.3, 0.4) is 0 Å². The summed E-state index contributed by atoms with van der Waals surface area (Å²) in [6.07, 6.45) is 8.96. The molecule has 6 aromatic rings. The molecule has 0 spiro atoms. The Balaban J connectivity index is 1.13. The number of aromatic nitrogens is 1. The Bertz CT molecular complexity index is 2270. The molecule has 1 fully saturated rings. The van der Waals surface area contributed by atoms with E-state index >= 15 is 0 Å². The molecule has 6 heteroatoms. The van der Waals surface area contributed by atoms with Crippen LogP contribution in [0.15, 0.2) is 170 Å². The first-order valence-corrected chi connectivity index (χ1v) is 17.6. The zero-order valence-electron chi connectivity index (χ0n) is 28.6. The number of benzene rings is 5. The fourth-order valence-corrected chi connectivity index (χ4v) is 7.83. The van der Waals surface area contributed by atoms with E-state index in [1.54, 1.807) is 0 Å². The Morgan fingerprint density at radius 3 is 1.94 bits per heavy atom. The van der Waals surface area contributed by atoms with Crippen molar-refractivity contribution < 1.29 is 0 Å². The summed E-state index contributed by atoms with van der Waals surface area (Å²) in [6, 6.07) is 49.2. The van der Waals surface area contributed by atoms with Gasteiger partial charge in [-0.25, -0.2) is 0 Å². The highest BCUT2D eigenvalue weighted by atomic mass is 15.4. The highest BCUT2D eigenvalue weighted by molar-refractivity contribution is 6.03. The van der Waals surface area contributed by atoms with Gasteiger partial charge in [-0.2, -0.15) is 0 Å². The topological polar surface area (TPSA) is 47.5 Å². The highest BCUT2D eigenvalue weighted by Crippen LogP contribution is 2.43. The number of fused-ring (bicyclic) bond motifs is 4. The molecule has 4 heterocycles. The van der Waals surface area contributed by atoms with Crippen molar-refractivity contribution in [3.63, 3.8) is 0 Å². The van der Waals surface area contributed by atoms with Crippen molar-refractivity contribution in [1.29, 1.82) is 0 Å². The maximum Gasteiger partial charge on any atom is 0.111 e. The average Bonchev–Trinajstić information content (AvgIpc) is 3.52. The van der Waals surface area contributed by atoms with Gasteiger partial charge < -0.3 is 10.2 Å². The minimum atomic E-state index is -0.0438. The monoisotopic (exact) mass is 664 g/mol. The van der Waals surface area contributed by atoms with Gasteiger partial charge in [0.1, 0.15) is 5.82 Å². The number of anilines is 2. The summed E-state index contributed by atoms with van der Waals surface area (Å²) in [6.45, 7) is 5.46. The highest BCUT2D eigenvalue weighted by Gasteiger charge is 2.36. The minimum Gasteiger partial charge on any atom is -0.367 e.